The minimum atomic E-state index is 0.252. The van der Waals surface area contributed by atoms with Gasteiger partial charge < -0.3 is 15.1 Å². The maximum atomic E-state index is 13.2. The lowest BCUT2D eigenvalue weighted by atomic mass is 9.93. The number of carbonyl (C=O) groups excluding carboxylic acids is 2. The van der Waals surface area contributed by atoms with E-state index in [1.165, 1.54) is 128 Å². The first-order valence-electron chi connectivity index (χ1n) is 17.7. The molecule has 0 spiro atoms. The molecule has 0 saturated carbocycles. The number of nitrogens with one attached hydrogen (secondary N) is 1. The van der Waals surface area contributed by atoms with Gasteiger partial charge in [-0.05, 0) is 51.6 Å². The Kier molecular flexibility index (Phi) is 30.0. The van der Waals surface area contributed by atoms with Gasteiger partial charge in [-0.2, -0.15) is 0 Å². The zero-order valence-corrected chi connectivity index (χ0v) is 27.7. The molecule has 238 valence electrons. The average Bonchev–Trinajstić information content (AvgIpc) is 2.96. The van der Waals surface area contributed by atoms with Gasteiger partial charge >= 0.3 is 0 Å². The van der Waals surface area contributed by atoms with Crippen molar-refractivity contribution in [2.24, 2.45) is 5.92 Å². The molecule has 5 heteroatoms. The van der Waals surface area contributed by atoms with Crippen molar-refractivity contribution in [1.82, 2.24) is 15.1 Å². The molecule has 1 atom stereocenters. The van der Waals surface area contributed by atoms with Crippen molar-refractivity contribution < 1.29 is 9.59 Å². The molecule has 0 aliphatic heterocycles. The third-order valence-electron chi connectivity index (χ3n) is 8.43. The van der Waals surface area contributed by atoms with Crippen LogP contribution in [0.4, 0.5) is 0 Å². The van der Waals surface area contributed by atoms with E-state index in [1.54, 1.807) is 4.90 Å². The molecule has 0 fully saturated rings. The molecule has 0 heterocycles. The molecule has 40 heavy (non-hydrogen) atoms. The standard InChI is InChI=1S/C35H71N3O2/c1-5-7-9-11-16-22-28-34(27-21-10-8-6-2)35(40)38(4)32-26-20-15-13-18-24-30-36-29-23-17-12-14-19-25-31-37(3)33-39/h33-34,36H,5-32H2,1-4H3. The van der Waals surface area contributed by atoms with Crippen LogP contribution >= 0.6 is 0 Å². The van der Waals surface area contributed by atoms with Crippen molar-refractivity contribution in [3.8, 4) is 0 Å². The van der Waals surface area contributed by atoms with E-state index < -0.39 is 0 Å². The van der Waals surface area contributed by atoms with Crippen LogP contribution in [0.15, 0.2) is 0 Å². The fourth-order valence-corrected chi connectivity index (χ4v) is 5.60. The van der Waals surface area contributed by atoms with Crippen molar-refractivity contribution >= 4 is 12.3 Å². The third-order valence-corrected chi connectivity index (χ3v) is 8.43. The van der Waals surface area contributed by atoms with Crippen LogP contribution in [-0.2, 0) is 9.59 Å². The third kappa shape index (κ3) is 25.8. The molecule has 0 aliphatic carbocycles. The van der Waals surface area contributed by atoms with Gasteiger partial charge in [-0.3, -0.25) is 9.59 Å². The van der Waals surface area contributed by atoms with E-state index in [2.05, 4.69) is 24.1 Å². The molecule has 5 nitrogen and oxygen atoms in total. The summed E-state index contributed by atoms with van der Waals surface area (Å²) in [6.07, 6.45) is 31.1. The van der Waals surface area contributed by atoms with Gasteiger partial charge in [0.05, 0.1) is 0 Å². The highest BCUT2D eigenvalue weighted by Crippen LogP contribution is 2.21. The molecule has 0 bridgehead atoms. The minimum absolute atomic E-state index is 0.252. The van der Waals surface area contributed by atoms with Crippen LogP contribution in [0.1, 0.15) is 168 Å². The summed E-state index contributed by atoms with van der Waals surface area (Å²) < 4.78 is 0. The quantitative estimate of drug-likeness (QED) is 0.0653. The summed E-state index contributed by atoms with van der Waals surface area (Å²) in [7, 11) is 3.90. The van der Waals surface area contributed by atoms with E-state index in [9.17, 15) is 9.59 Å². The number of nitrogens with zero attached hydrogens (tertiary/aromatic N) is 2. The van der Waals surface area contributed by atoms with Crippen molar-refractivity contribution in [2.45, 2.75) is 168 Å². The Morgan fingerprint density at radius 2 is 0.975 bits per heavy atom. The molecule has 0 aliphatic rings. The first-order valence-corrected chi connectivity index (χ1v) is 17.7. The van der Waals surface area contributed by atoms with Gasteiger partial charge in [-0.25, -0.2) is 0 Å². The average molecular weight is 566 g/mol. The first-order chi connectivity index (χ1) is 19.6. The zero-order valence-electron chi connectivity index (χ0n) is 27.7. The van der Waals surface area contributed by atoms with Gasteiger partial charge in [-0.15, -0.1) is 0 Å². The summed E-state index contributed by atoms with van der Waals surface area (Å²) in [6.45, 7) is 8.64. The SMILES string of the molecule is CCCCCCCCC(CCCCCC)C(=O)N(C)CCCCCCCCNCCCCCCCCN(C)C=O. The topological polar surface area (TPSA) is 52.7 Å². The van der Waals surface area contributed by atoms with Crippen LogP contribution < -0.4 is 5.32 Å². The Hall–Kier alpha value is -1.10. The zero-order chi connectivity index (χ0) is 29.5. The first kappa shape index (κ1) is 38.9. The van der Waals surface area contributed by atoms with Crippen LogP contribution in [0.5, 0.6) is 0 Å². The Morgan fingerprint density at radius 3 is 1.48 bits per heavy atom. The Balaban J connectivity index is 3.75. The molecule has 1 unspecified atom stereocenters. The lowest BCUT2D eigenvalue weighted by molar-refractivity contribution is -0.134. The van der Waals surface area contributed by atoms with E-state index in [4.69, 9.17) is 0 Å². The molecule has 0 rings (SSSR count). The number of hydrogen-bond donors (Lipinski definition) is 1. The van der Waals surface area contributed by atoms with Crippen LogP contribution in [0.25, 0.3) is 0 Å². The molecule has 0 aromatic rings. The summed E-state index contributed by atoms with van der Waals surface area (Å²) in [6, 6.07) is 0. The highest BCUT2D eigenvalue weighted by molar-refractivity contribution is 5.78. The second kappa shape index (κ2) is 30.8. The molecule has 2 amide bonds. The Labute approximate surface area is 251 Å². The highest BCUT2D eigenvalue weighted by atomic mass is 16.2. The maximum absolute atomic E-state index is 13.2. The van der Waals surface area contributed by atoms with Crippen LogP contribution in [0, 0.1) is 5.92 Å². The number of rotatable bonds is 32. The summed E-state index contributed by atoms with van der Waals surface area (Å²) in [4.78, 5) is 27.5. The van der Waals surface area contributed by atoms with Gasteiger partial charge in [0.25, 0.3) is 0 Å². The smallest absolute Gasteiger partial charge is 0.225 e. The van der Waals surface area contributed by atoms with Crippen LogP contribution in [0.2, 0.25) is 0 Å². The van der Waals surface area contributed by atoms with E-state index in [0.29, 0.717) is 5.91 Å². The van der Waals surface area contributed by atoms with Crippen molar-refractivity contribution in [3.63, 3.8) is 0 Å². The predicted octanol–water partition coefficient (Wildman–Crippen LogP) is 9.14. The van der Waals surface area contributed by atoms with Crippen LogP contribution in [0.3, 0.4) is 0 Å². The second-order valence-corrected chi connectivity index (χ2v) is 12.4. The molecule has 0 radical (unpaired) electrons. The number of carbonyl (C=O) groups is 2. The van der Waals surface area contributed by atoms with Gasteiger partial charge in [-0.1, -0.05) is 129 Å². The highest BCUT2D eigenvalue weighted by Gasteiger charge is 2.21. The normalized spacial score (nSPS) is 12.0. The summed E-state index contributed by atoms with van der Waals surface area (Å²) in [5.41, 5.74) is 0. The summed E-state index contributed by atoms with van der Waals surface area (Å²) in [5, 5.41) is 3.61. The molecule has 0 saturated heterocycles. The maximum Gasteiger partial charge on any atom is 0.225 e. The summed E-state index contributed by atoms with van der Waals surface area (Å²) >= 11 is 0. The fourth-order valence-electron chi connectivity index (χ4n) is 5.60. The fraction of sp³-hybridized carbons (Fsp3) is 0.943. The van der Waals surface area contributed by atoms with Gasteiger partial charge in [0.15, 0.2) is 0 Å². The minimum Gasteiger partial charge on any atom is -0.348 e. The Morgan fingerprint density at radius 1 is 0.575 bits per heavy atom. The number of amides is 2. The van der Waals surface area contributed by atoms with Crippen LogP contribution in [-0.4, -0.2) is 62.4 Å². The predicted molar refractivity (Wildman–Crippen MR) is 175 cm³/mol. The van der Waals surface area contributed by atoms with E-state index in [1.807, 2.05) is 14.1 Å². The van der Waals surface area contributed by atoms with E-state index in [0.717, 1.165) is 58.3 Å². The molecule has 0 aromatic heterocycles. The van der Waals surface area contributed by atoms with Crippen molar-refractivity contribution in [3.05, 3.63) is 0 Å². The lowest BCUT2D eigenvalue weighted by Crippen LogP contribution is -2.33. The second-order valence-electron chi connectivity index (χ2n) is 12.4. The molecule has 1 N–H and O–H groups in total. The monoisotopic (exact) mass is 566 g/mol. The molecule has 0 aromatic carbocycles. The molecular formula is C35H71N3O2. The van der Waals surface area contributed by atoms with E-state index in [-0.39, 0.29) is 5.92 Å². The lowest BCUT2D eigenvalue weighted by Gasteiger charge is -2.24. The van der Waals surface area contributed by atoms with Crippen molar-refractivity contribution in [2.75, 3.05) is 40.3 Å². The number of unbranched alkanes of at least 4 members (excludes halogenated alkanes) is 18. The number of hydrogen-bond acceptors (Lipinski definition) is 3. The van der Waals surface area contributed by atoms with Gasteiger partial charge in [0.1, 0.15) is 0 Å². The van der Waals surface area contributed by atoms with Gasteiger partial charge in [0, 0.05) is 33.1 Å². The largest absolute Gasteiger partial charge is 0.348 e. The van der Waals surface area contributed by atoms with Gasteiger partial charge in [0.2, 0.25) is 12.3 Å². The Bertz CT molecular complexity index is 543. The van der Waals surface area contributed by atoms with Crippen molar-refractivity contribution in [1.29, 1.82) is 0 Å². The summed E-state index contributed by atoms with van der Waals surface area (Å²) in [5.74, 6) is 0.667. The van der Waals surface area contributed by atoms with E-state index >= 15 is 0 Å². The molecular weight excluding hydrogens is 494 g/mol.